The van der Waals surface area contributed by atoms with Gasteiger partial charge >= 0.3 is 0 Å². The first-order valence-electron chi connectivity index (χ1n) is 9.03. The Kier molecular flexibility index (Phi) is 4.51. The molecule has 134 valence electrons. The molecule has 0 saturated heterocycles. The van der Waals surface area contributed by atoms with E-state index < -0.39 is 0 Å². The Bertz CT molecular complexity index is 879. The Balaban J connectivity index is 1.50. The van der Waals surface area contributed by atoms with E-state index in [0.717, 1.165) is 24.4 Å². The number of carbonyl (C=O) groups is 1. The minimum atomic E-state index is -0.209. The monoisotopic (exact) mass is 350 g/mol. The van der Waals surface area contributed by atoms with E-state index in [4.69, 9.17) is 0 Å². The van der Waals surface area contributed by atoms with E-state index >= 15 is 0 Å². The molecule has 26 heavy (non-hydrogen) atoms. The number of rotatable bonds is 5. The molecule has 0 aliphatic heterocycles. The first-order chi connectivity index (χ1) is 12.7. The Hall–Kier alpha value is -2.96. The molecule has 7 heteroatoms. The lowest BCUT2D eigenvalue weighted by atomic mass is 10.1. The summed E-state index contributed by atoms with van der Waals surface area (Å²) in [5.41, 5.74) is 1.45. The summed E-state index contributed by atoms with van der Waals surface area (Å²) in [7, 11) is 0. The predicted octanol–water partition coefficient (Wildman–Crippen LogP) is 3.07. The van der Waals surface area contributed by atoms with E-state index in [9.17, 15) is 4.79 Å². The lowest BCUT2D eigenvalue weighted by molar-refractivity contribution is 0.0937. The Labute approximate surface area is 152 Å². The molecule has 1 aromatic carbocycles. The van der Waals surface area contributed by atoms with E-state index in [1.165, 1.54) is 12.8 Å². The Morgan fingerprint density at radius 3 is 2.88 bits per heavy atom. The molecule has 1 aliphatic rings. The lowest BCUT2D eigenvalue weighted by Crippen LogP contribution is -2.29. The third kappa shape index (κ3) is 3.24. The van der Waals surface area contributed by atoms with E-state index in [2.05, 4.69) is 25.2 Å². The summed E-state index contributed by atoms with van der Waals surface area (Å²) < 4.78 is 3.86. The van der Waals surface area contributed by atoms with Crippen LogP contribution in [0.25, 0.3) is 5.69 Å². The fourth-order valence-corrected chi connectivity index (χ4v) is 3.58. The summed E-state index contributed by atoms with van der Waals surface area (Å²) in [4.78, 5) is 12.7. The smallest absolute Gasteiger partial charge is 0.251 e. The van der Waals surface area contributed by atoms with Gasteiger partial charge < -0.3 is 9.88 Å². The van der Waals surface area contributed by atoms with Crippen LogP contribution in [0.1, 0.15) is 60.9 Å². The number of amides is 1. The van der Waals surface area contributed by atoms with Crippen LogP contribution in [0.3, 0.4) is 0 Å². The number of hydrogen-bond donors (Lipinski definition) is 1. The highest BCUT2D eigenvalue weighted by Crippen LogP contribution is 2.31. The van der Waals surface area contributed by atoms with Crippen LogP contribution in [0.5, 0.6) is 0 Å². The van der Waals surface area contributed by atoms with Crippen molar-refractivity contribution in [3.05, 3.63) is 60.4 Å². The molecule has 1 fully saturated rings. The van der Waals surface area contributed by atoms with E-state index in [1.807, 2.05) is 37.4 Å². The number of nitrogens with one attached hydrogen (secondary N) is 1. The topological polar surface area (TPSA) is 77.6 Å². The van der Waals surface area contributed by atoms with Gasteiger partial charge in [-0.1, -0.05) is 18.9 Å². The molecular formula is C19H22N6O. The minimum Gasteiger partial charge on any atom is -0.342 e. The quantitative estimate of drug-likeness (QED) is 0.767. The average Bonchev–Trinajstić information content (AvgIpc) is 3.43. The molecule has 3 aromatic rings. The summed E-state index contributed by atoms with van der Waals surface area (Å²) in [6.07, 6.45) is 10.1. The minimum absolute atomic E-state index is 0.132. The number of nitrogens with zero attached hydrogens (tertiary/aromatic N) is 5. The number of aromatic nitrogens is 5. The fraction of sp³-hybridized carbons (Fsp3) is 0.368. The van der Waals surface area contributed by atoms with Crippen molar-refractivity contribution in [1.29, 1.82) is 0 Å². The van der Waals surface area contributed by atoms with Crippen molar-refractivity contribution in [2.75, 3.05) is 0 Å². The van der Waals surface area contributed by atoms with Crippen LogP contribution in [0.2, 0.25) is 0 Å². The molecule has 1 N–H and O–H groups in total. The zero-order chi connectivity index (χ0) is 17.9. The van der Waals surface area contributed by atoms with Gasteiger partial charge in [0.1, 0.15) is 6.33 Å². The second kappa shape index (κ2) is 7.11. The number of benzene rings is 1. The van der Waals surface area contributed by atoms with Crippen LogP contribution in [-0.2, 0) is 0 Å². The maximum Gasteiger partial charge on any atom is 0.251 e. The van der Waals surface area contributed by atoms with Crippen LogP contribution in [0.4, 0.5) is 0 Å². The molecule has 1 amide bonds. The van der Waals surface area contributed by atoms with Crippen LogP contribution in [0, 0.1) is 0 Å². The van der Waals surface area contributed by atoms with Crippen molar-refractivity contribution in [3.63, 3.8) is 0 Å². The number of carbonyl (C=O) groups excluding carboxylic acids is 1. The number of hydrogen-bond acceptors (Lipinski definition) is 4. The zero-order valence-electron chi connectivity index (χ0n) is 14.7. The van der Waals surface area contributed by atoms with Gasteiger partial charge in [-0.2, -0.15) is 5.10 Å². The van der Waals surface area contributed by atoms with Crippen LogP contribution >= 0.6 is 0 Å². The lowest BCUT2D eigenvalue weighted by Gasteiger charge is -2.18. The first kappa shape index (κ1) is 16.5. The third-order valence-corrected chi connectivity index (χ3v) is 4.93. The van der Waals surface area contributed by atoms with Gasteiger partial charge in [-0.3, -0.25) is 4.79 Å². The van der Waals surface area contributed by atoms with Gasteiger partial charge in [0.15, 0.2) is 5.82 Å². The zero-order valence-corrected chi connectivity index (χ0v) is 14.7. The predicted molar refractivity (Wildman–Crippen MR) is 97.0 cm³/mol. The summed E-state index contributed by atoms with van der Waals surface area (Å²) >= 11 is 0. The van der Waals surface area contributed by atoms with Gasteiger partial charge in [0.25, 0.3) is 5.91 Å². The Morgan fingerprint density at radius 2 is 2.12 bits per heavy atom. The summed E-state index contributed by atoms with van der Waals surface area (Å²) in [6, 6.07) is 9.50. The maximum absolute atomic E-state index is 12.7. The van der Waals surface area contributed by atoms with E-state index in [1.54, 1.807) is 23.3 Å². The van der Waals surface area contributed by atoms with E-state index in [-0.39, 0.29) is 11.9 Å². The highest BCUT2D eigenvalue weighted by molar-refractivity contribution is 5.94. The van der Waals surface area contributed by atoms with Crippen molar-refractivity contribution in [1.82, 2.24) is 29.9 Å². The van der Waals surface area contributed by atoms with Crippen molar-refractivity contribution in [3.8, 4) is 5.69 Å². The molecule has 2 aromatic heterocycles. The molecule has 1 aliphatic carbocycles. The fourth-order valence-electron chi connectivity index (χ4n) is 3.58. The molecule has 1 saturated carbocycles. The average molecular weight is 350 g/mol. The highest BCUT2D eigenvalue weighted by Gasteiger charge is 2.23. The van der Waals surface area contributed by atoms with Crippen LogP contribution < -0.4 is 5.32 Å². The molecule has 1 atom stereocenters. The molecule has 0 spiro atoms. The molecule has 7 nitrogen and oxygen atoms in total. The van der Waals surface area contributed by atoms with Crippen molar-refractivity contribution in [2.24, 2.45) is 0 Å². The van der Waals surface area contributed by atoms with Crippen molar-refractivity contribution >= 4 is 5.91 Å². The first-order valence-corrected chi connectivity index (χ1v) is 9.03. The van der Waals surface area contributed by atoms with Gasteiger partial charge in [-0.15, -0.1) is 10.2 Å². The normalized spacial score (nSPS) is 15.9. The van der Waals surface area contributed by atoms with Gasteiger partial charge in [0.2, 0.25) is 0 Å². The summed E-state index contributed by atoms with van der Waals surface area (Å²) in [5, 5.41) is 15.6. The molecule has 2 heterocycles. The van der Waals surface area contributed by atoms with Gasteiger partial charge in [-0.25, -0.2) is 4.68 Å². The van der Waals surface area contributed by atoms with Gasteiger partial charge in [-0.05, 0) is 44.0 Å². The highest BCUT2D eigenvalue weighted by atomic mass is 16.1. The van der Waals surface area contributed by atoms with E-state index in [0.29, 0.717) is 11.6 Å². The maximum atomic E-state index is 12.7. The standard InChI is InChI=1S/C19H22N6O/c1-14(18-23-20-13-24(18)16-7-2-3-8-16)22-19(26)15-6-4-9-17(12-15)25-11-5-10-21-25/h4-6,9-14,16H,2-3,7-8H2,1H3,(H,22,26)/t14-/m1/s1. The summed E-state index contributed by atoms with van der Waals surface area (Å²) in [5.74, 6) is 0.681. The molecule has 0 radical (unpaired) electrons. The largest absolute Gasteiger partial charge is 0.342 e. The molecule has 0 bridgehead atoms. The van der Waals surface area contributed by atoms with Gasteiger partial charge in [0, 0.05) is 24.0 Å². The summed E-state index contributed by atoms with van der Waals surface area (Å²) in [6.45, 7) is 1.95. The van der Waals surface area contributed by atoms with Crippen molar-refractivity contribution < 1.29 is 4.79 Å². The van der Waals surface area contributed by atoms with Gasteiger partial charge in [0.05, 0.1) is 11.7 Å². The second-order valence-corrected chi connectivity index (χ2v) is 6.73. The van der Waals surface area contributed by atoms with Crippen molar-refractivity contribution in [2.45, 2.75) is 44.7 Å². The van der Waals surface area contributed by atoms with Crippen LogP contribution in [-0.4, -0.2) is 30.5 Å². The van der Waals surface area contributed by atoms with Crippen LogP contribution in [0.15, 0.2) is 49.1 Å². The second-order valence-electron chi connectivity index (χ2n) is 6.73. The molecule has 4 rings (SSSR count). The SMILES string of the molecule is C[C@@H](NC(=O)c1cccc(-n2cccn2)c1)c1nncn1C1CCCC1. The molecular weight excluding hydrogens is 328 g/mol. The molecule has 0 unspecified atom stereocenters. The third-order valence-electron chi connectivity index (χ3n) is 4.93. The Morgan fingerprint density at radius 1 is 1.27 bits per heavy atom.